The number of hydrogen-bond acceptors (Lipinski definition) is 4. The maximum Gasteiger partial charge on any atom is 0.324 e. The third kappa shape index (κ3) is 2.40. The molecular weight excluding hydrogens is 184 g/mol. The number of esters is 1. The van der Waals surface area contributed by atoms with Gasteiger partial charge in [0.25, 0.3) is 0 Å². The van der Waals surface area contributed by atoms with Gasteiger partial charge in [0, 0.05) is 12.8 Å². The first-order valence-corrected chi connectivity index (χ1v) is 4.89. The molecule has 0 aliphatic heterocycles. The lowest BCUT2D eigenvalue weighted by Crippen LogP contribution is -2.31. The van der Waals surface area contributed by atoms with Gasteiger partial charge < -0.3 is 4.74 Å². The molecule has 1 rings (SSSR count). The SMILES string of the molecule is CCOC(=O)C1C(=O)CCCCC1=O. The van der Waals surface area contributed by atoms with Gasteiger partial charge in [0.05, 0.1) is 6.61 Å². The summed E-state index contributed by atoms with van der Waals surface area (Å²) in [4.78, 5) is 34.1. The fourth-order valence-corrected chi connectivity index (χ4v) is 1.56. The summed E-state index contributed by atoms with van der Waals surface area (Å²) < 4.78 is 4.70. The lowest BCUT2D eigenvalue weighted by Gasteiger charge is -2.09. The molecule has 0 atom stereocenters. The number of ketones is 2. The topological polar surface area (TPSA) is 60.4 Å². The van der Waals surface area contributed by atoms with Crippen LogP contribution >= 0.6 is 0 Å². The number of ether oxygens (including phenoxy) is 1. The van der Waals surface area contributed by atoms with Crippen molar-refractivity contribution in [3.05, 3.63) is 0 Å². The number of carbonyl (C=O) groups is 3. The third-order valence-corrected chi connectivity index (χ3v) is 2.26. The summed E-state index contributed by atoms with van der Waals surface area (Å²) in [6, 6.07) is 0. The van der Waals surface area contributed by atoms with Crippen molar-refractivity contribution in [1.29, 1.82) is 0 Å². The van der Waals surface area contributed by atoms with Gasteiger partial charge in [0.15, 0.2) is 17.5 Å². The zero-order valence-electron chi connectivity index (χ0n) is 8.25. The van der Waals surface area contributed by atoms with E-state index >= 15 is 0 Å². The molecular formula is C10H14O4. The van der Waals surface area contributed by atoms with Gasteiger partial charge in [-0.25, -0.2) is 0 Å². The van der Waals surface area contributed by atoms with E-state index in [1.165, 1.54) is 0 Å². The fourth-order valence-electron chi connectivity index (χ4n) is 1.56. The van der Waals surface area contributed by atoms with E-state index in [2.05, 4.69) is 0 Å². The lowest BCUT2D eigenvalue weighted by atomic mass is 9.98. The van der Waals surface area contributed by atoms with Gasteiger partial charge in [-0.2, -0.15) is 0 Å². The minimum atomic E-state index is -1.14. The van der Waals surface area contributed by atoms with Crippen molar-refractivity contribution < 1.29 is 19.1 Å². The van der Waals surface area contributed by atoms with Crippen LogP contribution in [0.4, 0.5) is 0 Å². The number of Topliss-reactive ketones (excluding diaryl/α,β-unsaturated/α-hetero) is 2. The number of hydrogen-bond donors (Lipinski definition) is 0. The molecule has 4 heteroatoms. The molecule has 0 spiro atoms. The molecule has 0 aromatic heterocycles. The maximum absolute atomic E-state index is 11.4. The van der Waals surface area contributed by atoms with Crippen molar-refractivity contribution in [2.75, 3.05) is 6.61 Å². The second kappa shape index (κ2) is 4.88. The molecule has 1 saturated carbocycles. The minimum absolute atomic E-state index is 0.204. The summed E-state index contributed by atoms with van der Waals surface area (Å²) in [6.07, 6.45) is 2.02. The van der Waals surface area contributed by atoms with Crippen molar-refractivity contribution in [2.24, 2.45) is 5.92 Å². The molecule has 0 bridgehead atoms. The van der Waals surface area contributed by atoms with Gasteiger partial charge in [0.2, 0.25) is 0 Å². The maximum atomic E-state index is 11.4. The average Bonchev–Trinajstić information content (AvgIpc) is 2.28. The molecule has 14 heavy (non-hydrogen) atoms. The highest BCUT2D eigenvalue weighted by Crippen LogP contribution is 2.18. The predicted octanol–water partition coefficient (Wildman–Crippen LogP) is 0.878. The molecule has 0 unspecified atom stereocenters. The van der Waals surface area contributed by atoms with Crippen molar-refractivity contribution in [3.63, 3.8) is 0 Å². The molecule has 1 fully saturated rings. The number of rotatable bonds is 2. The smallest absolute Gasteiger partial charge is 0.324 e. The molecule has 0 heterocycles. The normalized spacial score (nSPS) is 19.2. The first kappa shape index (κ1) is 10.9. The summed E-state index contributed by atoms with van der Waals surface area (Å²) >= 11 is 0. The quantitative estimate of drug-likeness (QED) is 0.375. The second-order valence-corrected chi connectivity index (χ2v) is 3.32. The monoisotopic (exact) mass is 198 g/mol. The molecule has 4 nitrogen and oxygen atoms in total. The van der Waals surface area contributed by atoms with Crippen LogP contribution in [0.3, 0.4) is 0 Å². The van der Waals surface area contributed by atoms with Crippen LogP contribution in [0, 0.1) is 5.92 Å². The predicted molar refractivity (Wildman–Crippen MR) is 48.6 cm³/mol. The minimum Gasteiger partial charge on any atom is -0.465 e. The Morgan fingerprint density at radius 3 is 2.21 bits per heavy atom. The van der Waals surface area contributed by atoms with Crippen molar-refractivity contribution in [1.82, 2.24) is 0 Å². The van der Waals surface area contributed by atoms with Gasteiger partial charge in [-0.05, 0) is 19.8 Å². The van der Waals surface area contributed by atoms with E-state index in [0.717, 1.165) is 0 Å². The van der Waals surface area contributed by atoms with Crippen LogP contribution in [-0.4, -0.2) is 24.1 Å². The average molecular weight is 198 g/mol. The fraction of sp³-hybridized carbons (Fsp3) is 0.700. The van der Waals surface area contributed by atoms with E-state index in [0.29, 0.717) is 25.7 Å². The van der Waals surface area contributed by atoms with Crippen LogP contribution in [0.2, 0.25) is 0 Å². The van der Waals surface area contributed by atoms with E-state index in [-0.39, 0.29) is 18.2 Å². The lowest BCUT2D eigenvalue weighted by molar-refractivity contribution is -0.154. The summed E-state index contributed by atoms with van der Waals surface area (Å²) in [5.41, 5.74) is 0. The molecule has 78 valence electrons. The summed E-state index contributed by atoms with van der Waals surface area (Å²) in [5.74, 6) is -2.39. The Morgan fingerprint density at radius 2 is 1.79 bits per heavy atom. The van der Waals surface area contributed by atoms with Gasteiger partial charge in [0.1, 0.15) is 0 Å². The van der Waals surface area contributed by atoms with Crippen LogP contribution in [0.15, 0.2) is 0 Å². The highest BCUT2D eigenvalue weighted by Gasteiger charge is 2.35. The van der Waals surface area contributed by atoms with Crippen molar-refractivity contribution in [3.8, 4) is 0 Å². The number of carbonyl (C=O) groups excluding carboxylic acids is 3. The van der Waals surface area contributed by atoms with Crippen LogP contribution in [0.1, 0.15) is 32.6 Å². The van der Waals surface area contributed by atoms with Crippen molar-refractivity contribution in [2.45, 2.75) is 32.6 Å². The van der Waals surface area contributed by atoms with Crippen LogP contribution in [0.25, 0.3) is 0 Å². The van der Waals surface area contributed by atoms with E-state index in [1.54, 1.807) is 6.92 Å². The molecule has 1 aliphatic carbocycles. The molecule has 1 aliphatic rings. The molecule has 0 amide bonds. The highest BCUT2D eigenvalue weighted by molar-refractivity contribution is 6.17. The molecule has 0 aromatic carbocycles. The summed E-state index contributed by atoms with van der Waals surface area (Å²) in [5, 5.41) is 0. The van der Waals surface area contributed by atoms with Gasteiger partial charge >= 0.3 is 5.97 Å². The molecule has 0 aromatic rings. The Hall–Kier alpha value is -1.19. The summed E-state index contributed by atoms with van der Waals surface area (Å²) in [7, 11) is 0. The Labute approximate surface area is 82.6 Å². The molecule has 0 N–H and O–H groups in total. The van der Waals surface area contributed by atoms with Gasteiger partial charge in [-0.3, -0.25) is 14.4 Å². The standard InChI is InChI=1S/C10H14O4/c1-2-14-10(13)9-7(11)5-3-4-6-8(9)12/h9H,2-6H2,1H3. The van der Waals surface area contributed by atoms with Crippen LogP contribution < -0.4 is 0 Å². The third-order valence-electron chi connectivity index (χ3n) is 2.26. The van der Waals surface area contributed by atoms with Crippen LogP contribution in [-0.2, 0) is 19.1 Å². The first-order chi connectivity index (χ1) is 6.66. The van der Waals surface area contributed by atoms with Gasteiger partial charge in [-0.1, -0.05) is 0 Å². The van der Waals surface area contributed by atoms with Crippen LogP contribution in [0.5, 0.6) is 0 Å². The second-order valence-electron chi connectivity index (χ2n) is 3.32. The van der Waals surface area contributed by atoms with E-state index < -0.39 is 11.9 Å². The zero-order chi connectivity index (χ0) is 10.6. The Balaban J connectivity index is 2.74. The largest absolute Gasteiger partial charge is 0.465 e. The van der Waals surface area contributed by atoms with E-state index in [1.807, 2.05) is 0 Å². The van der Waals surface area contributed by atoms with E-state index in [4.69, 9.17) is 4.74 Å². The Kier molecular flexibility index (Phi) is 3.80. The van der Waals surface area contributed by atoms with Gasteiger partial charge in [-0.15, -0.1) is 0 Å². The molecule has 0 radical (unpaired) electrons. The molecule has 0 saturated heterocycles. The first-order valence-electron chi connectivity index (χ1n) is 4.89. The van der Waals surface area contributed by atoms with Crippen molar-refractivity contribution >= 4 is 17.5 Å². The Bertz CT molecular complexity index is 239. The zero-order valence-corrected chi connectivity index (χ0v) is 8.25. The Morgan fingerprint density at radius 1 is 1.29 bits per heavy atom. The van der Waals surface area contributed by atoms with E-state index in [9.17, 15) is 14.4 Å². The highest BCUT2D eigenvalue weighted by atomic mass is 16.5. The summed E-state index contributed by atoms with van der Waals surface area (Å²) in [6.45, 7) is 1.86.